The summed E-state index contributed by atoms with van der Waals surface area (Å²) in [6.45, 7) is 1.82. The number of amides is 2. The molecule has 2 amide bonds. The summed E-state index contributed by atoms with van der Waals surface area (Å²) in [5, 5.41) is 6.96. The average molecular weight is 404 g/mol. The molecule has 8 heteroatoms. The van der Waals surface area contributed by atoms with E-state index in [1.807, 2.05) is 18.4 Å². The van der Waals surface area contributed by atoms with Crippen molar-refractivity contribution in [3.8, 4) is 0 Å². The number of benzene rings is 2. The maximum Gasteiger partial charge on any atom is 0.416 e. The highest BCUT2D eigenvalue weighted by Crippen LogP contribution is 2.30. The van der Waals surface area contributed by atoms with E-state index >= 15 is 0 Å². The van der Waals surface area contributed by atoms with Crippen LogP contribution in [0.15, 0.2) is 60.0 Å². The molecule has 0 radical (unpaired) electrons. The summed E-state index contributed by atoms with van der Waals surface area (Å²) in [4.78, 5) is 25.3. The minimum absolute atomic E-state index is 0.0310. The molecule has 28 heavy (non-hydrogen) atoms. The molecular weight excluding hydrogens is 389 g/mol. The van der Waals surface area contributed by atoms with Gasteiger partial charge < -0.3 is 10.6 Å². The fourth-order valence-electron chi connectivity index (χ4n) is 2.51. The number of rotatable bonds is 4. The first-order valence-electron chi connectivity index (χ1n) is 8.18. The number of nitrogens with one attached hydrogen (secondary N) is 2. The summed E-state index contributed by atoms with van der Waals surface area (Å²) >= 11 is 1.31. The van der Waals surface area contributed by atoms with Crippen LogP contribution in [0.1, 0.15) is 31.2 Å². The molecule has 2 aromatic carbocycles. The lowest BCUT2D eigenvalue weighted by Gasteiger charge is -2.11. The molecule has 0 aliphatic carbocycles. The summed E-state index contributed by atoms with van der Waals surface area (Å²) < 4.78 is 38.4. The second-order valence-corrected chi connectivity index (χ2v) is 6.92. The molecule has 1 aromatic heterocycles. The molecule has 0 atom stereocenters. The van der Waals surface area contributed by atoms with Gasteiger partial charge in [0.2, 0.25) is 0 Å². The Balaban J connectivity index is 1.74. The second-order valence-electron chi connectivity index (χ2n) is 6.00. The van der Waals surface area contributed by atoms with Gasteiger partial charge in [0, 0.05) is 16.9 Å². The molecule has 0 saturated carbocycles. The van der Waals surface area contributed by atoms with E-state index in [9.17, 15) is 22.8 Å². The Morgan fingerprint density at radius 3 is 2.18 bits per heavy atom. The zero-order chi connectivity index (χ0) is 20.3. The SMILES string of the molecule is Cc1ccsc1C(=O)Nc1cccc(C(=O)Nc2cccc(C(F)(F)F)c2)c1. The first-order valence-corrected chi connectivity index (χ1v) is 9.06. The van der Waals surface area contributed by atoms with E-state index in [1.165, 1.54) is 35.6 Å². The van der Waals surface area contributed by atoms with Gasteiger partial charge in [0.15, 0.2) is 0 Å². The van der Waals surface area contributed by atoms with Gasteiger partial charge in [0.25, 0.3) is 11.8 Å². The van der Waals surface area contributed by atoms with Crippen LogP contribution in [0.2, 0.25) is 0 Å². The maximum absolute atomic E-state index is 12.8. The molecule has 3 rings (SSSR count). The van der Waals surface area contributed by atoms with Crippen molar-refractivity contribution < 1.29 is 22.8 Å². The molecule has 0 aliphatic rings. The molecule has 0 spiro atoms. The number of aryl methyl sites for hydroxylation is 1. The third kappa shape index (κ3) is 4.58. The number of thiophene rings is 1. The summed E-state index contributed by atoms with van der Waals surface area (Å²) in [7, 11) is 0. The van der Waals surface area contributed by atoms with Crippen LogP contribution in [0, 0.1) is 6.92 Å². The third-order valence-electron chi connectivity index (χ3n) is 3.90. The Kier molecular flexibility index (Phi) is 5.51. The van der Waals surface area contributed by atoms with Gasteiger partial charge in [-0.25, -0.2) is 0 Å². The van der Waals surface area contributed by atoms with Gasteiger partial charge in [-0.3, -0.25) is 9.59 Å². The smallest absolute Gasteiger partial charge is 0.322 e. The van der Waals surface area contributed by atoms with Crippen LogP contribution in [0.4, 0.5) is 24.5 Å². The van der Waals surface area contributed by atoms with E-state index in [1.54, 1.807) is 12.1 Å². The number of halogens is 3. The van der Waals surface area contributed by atoms with Gasteiger partial charge in [0.05, 0.1) is 10.4 Å². The lowest BCUT2D eigenvalue weighted by atomic mass is 10.1. The Morgan fingerprint density at radius 1 is 0.893 bits per heavy atom. The zero-order valence-corrected chi connectivity index (χ0v) is 15.4. The number of carbonyl (C=O) groups is 2. The van der Waals surface area contributed by atoms with Crippen molar-refractivity contribution in [1.29, 1.82) is 0 Å². The Morgan fingerprint density at radius 2 is 1.54 bits per heavy atom. The predicted octanol–water partition coefficient (Wildman–Crippen LogP) is 5.58. The molecule has 4 nitrogen and oxygen atoms in total. The zero-order valence-electron chi connectivity index (χ0n) is 14.6. The van der Waals surface area contributed by atoms with E-state index in [4.69, 9.17) is 0 Å². The van der Waals surface area contributed by atoms with E-state index in [-0.39, 0.29) is 17.2 Å². The van der Waals surface area contributed by atoms with Crippen LogP contribution >= 0.6 is 11.3 Å². The number of hydrogen-bond donors (Lipinski definition) is 2. The summed E-state index contributed by atoms with van der Waals surface area (Å²) in [6.07, 6.45) is -4.50. The van der Waals surface area contributed by atoms with E-state index in [2.05, 4.69) is 10.6 Å². The van der Waals surface area contributed by atoms with Crippen molar-refractivity contribution in [2.45, 2.75) is 13.1 Å². The summed E-state index contributed by atoms with van der Waals surface area (Å²) in [5.41, 5.74) is 0.648. The van der Waals surface area contributed by atoms with Gasteiger partial charge in [-0.15, -0.1) is 11.3 Å². The van der Waals surface area contributed by atoms with E-state index < -0.39 is 17.6 Å². The minimum Gasteiger partial charge on any atom is -0.322 e. The van der Waals surface area contributed by atoms with Crippen molar-refractivity contribution in [2.24, 2.45) is 0 Å². The van der Waals surface area contributed by atoms with Gasteiger partial charge in [-0.05, 0) is 60.3 Å². The number of anilines is 2. The average Bonchev–Trinajstić information content (AvgIpc) is 3.07. The maximum atomic E-state index is 12.8. The number of carbonyl (C=O) groups excluding carboxylic acids is 2. The molecule has 0 fully saturated rings. The van der Waals surface area contributed by atoms with E-state index in [0.29, 0.717) is 10.6 Å². The predicted molar refractivity (Wildman–Crippen MR) is 103 cm³/mol. The van der Waals surface area contributed by atoms with Crippen molar-refractivity contribution in [3.63, 3.8) is 0 Å². The first-order chi connectivity index (χ1) is 13.2. The molecule has 0 aliphatic heterocycles. The normalized spacial score (nSPS) is 11.1. The lowest BCUT2D eigenvalue weighted by molar-refractivity contribution is -0.137. The standard InChI is InChI=1S/C20H15F3N2O2S/c1-12-8-9-28-17(12)19(27)25-15-6-2-4-13(10-15)18(26)24-16-7-3-5-14(11-16)20(21,22)23/h2-11H,1H3,(H,24,26)(H,25,27). The summed E-state index contributed by atoms with van der Waals surface area (Å²) in [6, 6.07) is 12.4. The largest absolute Gasteiger partial charge is 0.416 e. The van der Waals surface area contributed by atoms with Crippen LogP contribution in [0.25, 0.3) is 0 Å². The van der Waals surface area contributed by atoms with Crippen molar-refractivity contribution in [2.75, 3.05) is 10.6 Å². The van der Waals surface area contributed by atoms with E-state index in [0.717, 1.165) is 17.7 Å². The number of hydrogen-bond acceptors (Lipinski definition) is 3. The quantitative estimate of drug-likeness (QED) is 0.596. The van der Waals surface area contributed by atoms with Gasteiger partial charge in [0.1, 0.15) is 0 Å². The van der Waals surface area contributed by atoms with Crippen LogP contribution in [-0.4, -0.2) is 11.8 Å². The van der Waals surface area contributed by atoms with Crippen molar-refractivity contribution in [3.05, 3.63) is 81.5 Å². The van der Waals surface area contributed by atoms with Crippen LogP contribution in [-0.2, 0) is 6.18 Å². The molecule has 3 aromatic rings. The molecule has 0 saturated heterocycles. The van der Waals surface area contributed by atoms with Gasteiger partial charge in [-0.2, -0.15) is 13.2 Å². The molecular formula is C20H15F3N2O2S. The van der Waals surface area contributed by atoms with Gasteiger partial charge in [-0.1, -0.05) is 12.1 Å². The minimum atomic E-state index is -4.50. The molecule has 1 heterocycles. The highest BCUT2D eigenvalue weighted by Gasteiger charge is 2.30. The Bertz CT molecular complexity index is 1030. The molecule has 144 valence electrons. The fourth-order valence-corrected chi connectivity index (χ4v) is 3.33. The Labute approximate surface area is 163 Å². The number of alkyl halides is 3. The van der Waals surface area contributed by atoms with Crippen LogP contribution < -0.4 is 10.6 Å². The van der Waals surface area contributed by atoms with Crippen molar-refractivity contribution >= 4 is 34.5 Å². The summed E-state index contributed by atoms with van der Waals surface area (Å²) in [5.74, 6) is -0.870. The third-order valence-corrected chi connectivity index (χ3v) is 4.91. The first kappa shape index (κ1) is 19.6. The highest BCUT2D eigenvalue weighted by molar-refractivity contribution is 7.12. The van der Waals surface area contributed by atoms with Crippen LogP contribution in [0.5, 0.6) is 0 Å². The fraction of sp³-hybridized carbons (Fsp3) is 0.100. The van der Waals surface area contributed by atoms with Crippen LogP contribution in [0.3, 0.4) is 0 Å². The van der Waals surface area contributed by atoms with Crippen molar-refractivity contribution in [1.82, 2.24) is 0 Å². The second kappa shape index (κ2) is 7.85. The Hall–Kier alpha value is -3.13. The molecule has 0 bridgehead atoms. The highest BCUT2D eigenvalue weighted by atomic mass is 32.1. The molecule has 2 N–H and O–H groups in total. The molecule has 0 unspecified atom stereocenters. The van der Waals surface area contributed by atoms with Gasteiger partial charge >= 0.3 is 6.18 Å². The topological polar surface area (TPSA) is 58.2 Å². The monoisotopic (exact) mass is 404 g/mol. The lowest BCUT2D eigenvalue weighted by Crippen LogP contribution is -2.15.